The van der Waals surface area contributed by atoms with E-state index >= 15 is 0 Å². The van der Waals surface area contributed by atoms with Gasteiger partial charge in [0.15, 0.2) is 0 Å². The molecule has 1 aliphatic rings. The SMILES string of the molecule is N#Cc1c(N)c(C#N)c2c(c1-c1ccccc1)Cc1c(Br)cccc1-2. The van der Waals surface area contributed by atoms with Crippen molar-refractivity contribution < 1.29 is 0 Å². The molecule has 0 atom stereocenters. The number of nitrogen functional groups attached to an aromatic ring is 1. The number of hydrogen-bond donors (Lipinski definition) is 1. The van der Waals surface area contributed by atoms with Gasteiger partial charge in [0, 0.05) is 22.0 Å². The highest BCUT2D eigenvalue weighted by molar-refractivity contribution is 9.10. The number of anilines is 1. The molecule has 4 rings (SSSR count). The fourth-order valence-electron chi connectivity index (χ4n) is 3.60. The molecule has 0 saturated carbocycles. The van der Waals surface area contributed by atoms with Crippen LogP contribution in [0.25, 0.3) is 22.3 Å². The molecule has 118 valence electrons. The third-order valence-electron chi connectivity index (χ3n) is 4.67. The zero-order chi connectivity index (χ0) is 17.6. The van der Waals surface area contributed by atoms with Crippen LogP contribution in [0.15, 0.2) is 53.0 Å². The van der Waals surface area contributed by atoms with E-state index in [1.54, 1.807) is 0 Å². The summed E-state index contributed by atoms with van der Waals surface area (Å²) in [5.41, 5.74) is 13.0. The Balaban J connectivity index is 2.17. The van der Waals surface area contributed by atoms with Crippen molar-refractivity contribution in [3.05, 3.63) is 75.3 Å². The van der Waals surface area contributed by atoms with Crippen LogP contribution in [0.3, 0.4) is 0 Å². The first-order valence-corrected chi connectivity index (χ1v) is 8.58. The predicted molar refractivity (Wildman–Crippen MR) is 102 cm³/mol. The third kappa shape index (κ3) is 2.16. The number of nitrogens with two attached hydrogens (primary N) is 1. The van der Waals surface area contributed by atoms with Crippen LogP contribution in [0.1, 0.15) is 22.3 Å². The van der Waals surface area contributed by atoms with E-state index in [1.807, 2.05) is 48.5 Å². The quantitative estimate of drug-likeness (QED) is 0.467. The van der Waals surface area contributed by atoms with Gasteiger partial charge in [-0.25, -0.2) is 0 Å². The first-order valence-electron chi connectivity index (χ1n) is 7.79. The molecular weight excluding hydrogens is 374 g/mol. The number of nitriles is 2. The maximum atomic E-state index is 9.73. The Hall–Kier alpha value is -3.08. The number of rotatable bonds is 1. The average molecular weight is 386 g/mol. The average Bonchev–Trinajstić information content (AvgIpc) is 3.02. The summed E-state index contributed by atoms with van der Waals surface area (Å²) in [5.74, 6) is 0. The van der Waals surface area contributed by atoms with E-state index in [0.717, 1.165) is 37.9 Å². The zero-order valence-corrected chi connectivity index (χ0v) is 14.8. The van der Waals surface area contributed by atoms with E-state index in [9.17, 15) is 10.5 Å². The topological polar surface area (TPSA) is 73.6 Å². The van der Waals surface area contributed by atoms with Crippen LogP contribution in [-0.2, 0) is 6.42 Å². The largest absolute Gasteiger partial charge is 0.397 e. The minimum absolute atomic E-state index is 0.260. The number of nitrogens with zero attached hydrogens (tertiary/aromatic N) is 2. The summed E-state index contributed by atoms with van der Waals surface area (Å²) in [7, 11) is 0. The molecule has 25 heavy (non-hydrogen) atoms. The van der Waals surface area contributed by atoms with Crippen molar-refractivity contribution in [2.24, 2.45) is 0 Å². The lowest BCUT2D eigenvalue weighted by Crippen LogP contribution is -2.03. The molecule has 0 bridgehead atoms. The molecule has 0 spiro atoms. The normalized spacial score (nSPS) is 11.3. The summed E-state index contributed by atoms with van der Waals surface area (Å²) in [6.45, 7) is 0. The van der Waals surface area contributed by atoms with Gasteiger partial charge in [0.05, 0.1) is 16.8 Å². The second kappa shape index (κ2) is 5.77. The Morgan fingerprint density at radius 1 is 0.840 bits per heavy atom. The zero-order valence-electron chi connectivity index (χ0n) is 13.2. The van der Waals surface area contributed by atoms with Crippen LogP contribution in [0.5, 0.6) is 0 Å². The lowest BCUT2D eigenvalue weighted by Gasteiger charge is -2.16. The van der Waals surface area contributed by atoms with Crippen LogP contribution in [0.2, 0.25) is 0 Å². The van der Waals surface area contributed by atoms with E-state index in [1.165, 1.54) is 0 Å². The number of hydrogen-bond acceptors (Lipinski definition) is 3. The first kappa shape index (κ1) is 15.4. The maximum Gasteiger partial charge on any atom is 0.102 e. The molecule has 1 aliphatic carbocycles. The fraction of sp³-hybridized carbons (Fsp3) is 0.0476. The summed E-state index contributed by atoms with van der Waals surface area (Å²) in [6, 6.07) is 20.2. The summed E-state index contributed by atoms with van der Waals surface area (Å²) < 4.78 is 1.00. The van der Waals surface area contributed by atoms with Gasteiger partial charge in [-0.05, 0) is 28.3 Å². The smallest absolute Gasteiger partial charge is 0.102 e. The Kier molecular flexibility index (Phi) is 3.57. The Bertz CT molecular complexity index is 1100. The lowest BCUT2D eigenvalue weighted by molar-refractivity contribution is 1.24. The van der Waals surface area contributed by atoms with E-state index in [4.69, 9.17) is 5.73 Å². The maximum absolute atomic E-state index is 9.73. The molecule has 0 amide bonds. The minimum Gasteiger partial charge on any atom is -0.397 e. The molecular formula is C21H12BrN3. The van der Waals surface area contributed by atoms with Gasteiger partial charge < -0.3 is 5.73 Å². The molecule has 0 aromatic heterocycles. The standard InChI is InChI=1S/C21H12BrN3/c22-18-8-4-7-13-14(18)9-15-19(12-5-2-1-3-6-12)16(10-23)21(25)17(11-24)20(13)15/h1-8H,9,25H2. The molecule has 0 fully saturated rings. The van der Waals surface area contributed by atoms with Gasteiger partial charge in [0.2, 0.25) is 0 Å². The van der Waals surface area contributed by atoms with Crippen molar-refractivity contribution in [3.8, 4) is 34.4 Å². The molecule has 0 aliphatic heterocycles. The highest BCUT2D eigenvalue weighted by Crippen LogP contribution is 2.49. The molecule has 3 aromatic rings. The van der Waals surface area contributed by atoms with Crippen molar-refractivity contribution in [1.29, 1.82) is 10.5 Å². The van der Waals surface area contributed by atoms with Gasteiger partial charge in [-0.2, -0.15) is 10.5 Å². The monoisotopic (exact) mass is 385 g/mol. The molecule has 2 N–H and O–H groups in total. The van der Waals surface area contributed by atoms with E-state index in [-0.39, 0.29) is 5.69 Å². The van der Waals surface area contributed by atoms with Crippen molar-refractivity contribution in [2.45, 2.75) is 6.42 Å². The van der Waals surface area contributed by atoms with E-state index < -0.39 is 0 Å². The first-order chi connectivity index (χ1) is 12.2. The van der Waals surface area contributed by atoms with Crippen LogP contribution in [0.4, 0.5) is 5.69 Å². The summed E-state index contributed by atoms with van der Waals surface area (Å²) >= 11 is 3.61. The number of halogens is 1. The van der Waals surface area contributed by atoms with Crippen molar-refractivity contribution in [3.63, 3.8) is 0 Å². The Morgan fingerprint density at radius 3 is 2.20 bits per heavy atom. The highest BCUT2D eigenvalue weighted by atomic mass is 79.9. The van der Waals surface area contributed by atoms with Crippen LogP contribution in [-0.4, -0.2) is 0 Å². The van der Waals surface area contributed by atoms with Gasteiger partial charge in [0.25, 0.3) is 0 Å². The molecule has 3 nitrogen and oxygen atoms in total. The summed E-state index contributed by atoms with van der Waals surface area (Å²) in [5, 5.41) is 19.4. The van der Waals surface area contributed by atoms with Crippen LogP contribution in [0, 0.1) is 22.7 Å². The number of fused-ring (bicyclic) bond motifs is 3. The molecule has 4 heteroatoms. The van der Waals surface area contributed by atoms with Gasteiger partial charge in [-0.3, -0.25) is 0 Å². The number of benzene rings is 3. The molecule has 0 saturated heterocycles. The summed E-state index contributed by atoms with van der Waals surface area (Å²) in [6.07, 6.45) is 0.667. The minimum atomic E-state index is 0.260. The Morgan fingerprint density at radius 2 is 1.52 bits per heavy atom. The fourth-order valence-corrected chi connectivity index (χ4v) is 4.11. The van der Waals surface area contributed by atoms with Crippen LogP contribution < -0.4 is 5.73 Å². The second-order valence-electron chi connectivity index (χ2n) is 5.92. The predicted octanol–water partition coefficient (Wildman–Crippen LogP) is 5.01. The van der Waals surface area contributed by atoms with Crippen molar-refractivity contribution >= 4 is 21.6 Å². The third-order valence-corrected chi connectivity index (χ3v) is 5.41. The molecule has 3 aromatic carbocycles. The van der Waals surface area contributed by atoms with E-state index in [0.29, 0.717) is 17.5 Å². The lowest BCUT2D eigenvalue weighted by atomic mass is 9.87. The molecule has 0 heterocycles. The summed E-state index contributed by atoms with van der Waals surface area (Å²) in [4.78, 5) is 0. The van der Waals surface area contributed by atoms with Gasteiger partial charge in [-0.1, -0.05) is 58.4 Å². The highest BCUT2D eigenvalue weighted by Gasteiger charge is 2.30. The van der Waals surface area contributed by atoms with Crippen molar-refractivity contribution in [2.75, 3.05) is 5.73 Å². The van der Waals surface area contributed by atoms with Gasteiger partial charge >= 0.3 is 0 Å². The Labute approximate surface area is 154 Å². The van der Waals surface area contributed by atoms with Crippen LogP contribution >= 0.6 is 15.9 Å². The molecule has 0 radical (unpaired) electrons. The second-order valence-corrected chi connectivity index (χ2v) is 6.78. The van der Waals surface area contributed by atoms with Gasteiger partial charge in [0.1, 0.15) is 12.1 Å². The van der Waals surface area contributed by atoms with Crippen molar-refractivity contribution in [1.82, 2.24) is 0 Å². The van der Waals surface area contributed by atoms with E-state index in [2.05, 4.69) is 28.1 Å². The van der Waals surface area contributed by atoms with Gasteiger partial charge in [-0.15, -0.1) is 0 Å². The molecule has 0 unspecified atom stereocenters.